The van der Waals surface area contributed by atoms with Gasteiger partial charge in [0.15, 0.2) is 0 Å². The Kier molecular flexibility index (Phi) is 3.79. The van der Waals surface area contributed by atoms with E-state index in [1.807, 2.05) is 0 Å². The molecule has 66 valence electrons. The van der Waals surface area contributed by atoms with Crippen LogP contribution in [0.15, 0.2) is 0 Å². The second kappa shape index (κ2) is 4.66. The maximum Gasteiger partial charge on any atom is 0.0908 e. The fourth-order valence-corrected chi connectivity index (χ4v) is 0.938. The average molecular weight is 160 g/mol. The molecule has 1 rings (SSSR count). The van der Waals surface area contributed by atoms with Crippen molar-refractivity contribution in [3.8, 4) is 0 Å². The van der Waals surface area contributed by atoms with Crippen molar-refractivity contribution in [2.24, 2.45) is 0 Å². The molecule has 1 saturated carbocycles. The molecule has 1 atom stereocenters. The first-order valence-corrected chi connectivity index (χ1v) is 4.10. The summed E-state index contributed by atoms with van der Waals surface area (Å²) in [6.07, 6.45) is 3.06. The van der Waals surface area contributed by atoms with Gasteiger partial charge in [-0.3, -0.25) is 10.9 Å². The normalized spacial score (nSPS) is 21.3. The van der Waals surface area contributed by atoms with E-state index in [0.717, 1.165) is 0 Å². The summed E-state index contributed by atoms with van der Waals surface area (Å²) in [5.41, 5.74) is 5.94. The Labute approximate surface area is 66.6 Å². The minimum Gasteiger partial charge on any atom is -0.394 e. The molecule has 1 aliphatic carbocycles. The number of hydrogen-bond acceptors (Lipinski definition) is 4. The van der Waals surface area contributed by atoms with Gasteiger partial charge in [0.2, 0.25) is 0 Å². The average Bonchev–Trinajstić information content (AvgIpc) is 1.94. The van der Waals surface area contributed by atoms with E-state index in [1.165, 1.54) is 19.3 Å². The van der Waals surface area contributed by atoms with Crippen molar-refractivity contribution in [1.29, 1.82) is 0 Å². The summed E-state index contributed by atoms with van der Waals surface area (Å²) in [7, 11) is 0. The topological polar surface area (TPSA) is 64.5 Å². The molecule has 4 N–H and O–H groups in total. The van der Waals surface area contributed by atoms with Gasteiger partial charge >= 0.3 is 0 Å². The lowest BCUT2D eigenvalue weighted by molar-refractivity contribution is 0.0883. The van der Waals surface area contributed by atoms with Crippen molar-refractivity contribution in [1.82, 2.24) is 10.9 Å². The number of aliphatic hydroxyl groups is 2. The van der Waals surface area contributed by atoms with Crippen molar-refractivity contribution >= 4 is 0 Å². The minimum atomic E-state index is -0.650. The van der Waals surface area contributed by atoms with E-state index in [0.29, 0.717) is 12.6 Å². The molecule has 0 saturated heterocycles. The summed E-state index contributed by atoms with van der Waals surface area (Å²) in [6.45, 7) is 0.229. The first-order valence-electron chi connectivity index (χ1n) is 4.10. The van der Waals surface area contributed by atoms with E-state index in [2.05, 4.69) is 10.9 Å². The van der Waals surface area contributed by atoms with E-state index in [4.69, 9.17) is 10.2 Å². The van der Waals surface area contributed by atoms with Crippen LogP contribution in [-0.2, 0) is 0 Å². The highest BCUT2D eigenvalue weighted by molar-refractivity contribution is 4.74. The van der Waals surface area contributed by atoms with Gasteiger partial charge < -0.3 is 10.2 Å². The van der Waals surface area contributed by atoms with Crippen LogP contribution in [0.25, 0.3) is 0 Å². The third kappa shape index (κ3) is 3.16. The quantitative estimate of drug-likeness (QED) is 0.389. The molecule has 0 aromatic rings. The van der Waals surface area contributed by atoms with Crippen LogP contribution >= 0.6 is 0 Å². The zero-order chi connectivity index (χ0) is 8.10. The van der Waals surface area contributed by atoms with Crippen LogP contribution in [0.5, 0.6) is 0 Å². The second-order valence-electron chi connectivity index (χ2n) is 2.99. The summed E-state index contributed by atoms with van der Waals surface area (Å²) in [5, 5.41) is 17.4. The van der Waals surface area contributed by atoms with Crippen molar-refractivity contribution in [2.45, 2.75) is 31.4 Å². The highest BCUT2D eigenvalue weighted by Gasteiger charge is 2.16. The second-order valence-corrected chi connectivity index (χ2v) is 2.99. The number of rotatable bonds is 5. The number of hydrogen-bond donors (Lipinski definition) is 4. The number of aliphatic hydroxyl groups excluding tert-OH is 2. The lowest BCUT2D eigenvalue weighted by atomic mass is 9.94. The van der Waals surface area contributed by atoms with Gasteiger partial charge in [0.25, 0.3) is 0 Å². The van der Waals surface area contributed by atoms with Crippen LogP contribution in [-0.4, -0.2) is 35.5 Å². The monoisotopic (exact) mass is 160 g/mol. The molecule has 0 heterocycles. The Morgan fingerprint density at radius 2 is 2.18 bits per heavy atom. The summed E-state index contributed by atoms with van der Waals surface area (Å²) in [5.74, 6) is 0. The SMILES string of the molecule is OCC(O)CNNC1CCC1. The Morgan fingerprint density at radius 1 is 1.45 bits per heavy atom. The predicted molar refractivity (Wildman–Crippen MR) is 41.9 cm³/mol. The van der Waals surface area contributed by atoms with Crippen LogP contribution in [0.3, 0.4) is 0 Å². The zero-order valence-electron chi connectivity index (χ0n) is 6.58. The number of hydrazine groups is 1. The summed E-state index contributed by atoms with van der Waals surface area (Å²) in [4.78, 5) is 0. The molecule has 0 aliphatic heterocycles. The maximum atomic E-state index is 8.91. The molecule has 0 amide bonds. The van der Waals surface area contributed by atoms with E-state index < -0.39 is 6.10 Å². The zero-order valence-corrected chi connectivity index (χ0v) is 6.58. The molecule has 4 heteroatoms. The largest absolute Gasteiger partial charge is 0.394 e. The summed E-state index contributed by atoms with van der Waals surface area (Å²) in [6, 6.07) is 0.570. The summed E-state index contributed by atoms with van der Waals surface area (Å²) >= 11 is 0. The van der Waals surface area contributed by atoms with Gasteiger partial charge in [-0.25, -0.2) is 0 Å². The molecule has 0 radical (unpaired) electrons. The van der Waals surface area contributed by atoms with Crippen molar-refractivity contribution in [3.63, 3.8) is 0 Å². The minimum absolute atomic E-state index is 0.181. The maximum absolute atomic E-state index is 8.91. The molecule has 0 spiro atoms. The van der Waals surface area contributed by atoms with Crippen molar-refractivity contribution in [3.05, 3.63) is 0 Å². The molecule has 1 aliphatic rings. The molecule has 4 nitrogen and oxygen atoms in total. The van der Waals surface area contributed by atoms with Crippen LogP contribution in [0.1, 0.15) is 19.3 Å². The van der Waals surface area contributed by atoms with E-state index in [9.17, 15) is 0 Å². The molecule has 1 unspecified atom stereocenters. The van der Waals surface area contributed by atoms with Gasteiger partial charge in [-0.05, 0) is 12.8 Å². The molecule has 0 aromatic carbocycles. The Balaban J connectivity index is 1.86. The highest BCUT2D eigenvalue weighted by atomic mass is 16.3. The van der Waals surface area contributed by atoms with Gasteiger partial charge in [0.05, 0.1) is 12.7 Å². The lowest BCUT2D eigenvalue weighted by Crippen LogP contribution is -2.47. The lowest BCUT2D eigenvalue weighted by Gasteiger charge is -2.27. The van der Waals surface area contributed by atoms with Crippen molar-refractivity contribution < 1.29 is 10.2 Å². The van der Waals surface area contributed by atoms with Crippen LogP contribution in [0, 0.1) is 0 Å². The molecule has 0 aromatic heterocycles. The van der Waals surface area contributed by atoms with Gasteiger partial charge in [-0.15, -0.1) is 0 Å². The van der Waals surface area contributed by atoms with E-state index >= 15 is 0 Å². The molecule has 11 heavy (non-hydrogen) atoms. The predicted octanol–water partition coefficient (Wildman–Crippen LogP) is -1.01. The van der Waals surface area contributed by atoms with Gasteiger partial charge in [0, 0.05) is 12.6 Å². The molecule has 0 bridgehead atoms. The highest BCUT2D eigenvalue weighted by Crippen LogP contribution is 2.16. The third-order valence-corrected chi connectivity index (χ3v) is 1.96. The Morgan fingerprint density at radius 3 is 2.64 bits per heavy atom. The van der Waals surface area contributed by atoms with Crippen LogP contribution in [0.2, 0.25) is 0 Å². The van der Waals surface area contributed by atoms with Crippen molar-refractivity contribution in [2.75, 3.05) is 13.2 Å². The van der Waals surface area contributed by atoms with Gasteiger partial charge in [0.1, 0.15) is 0 Å². The third-order valence-electron chi connectivity index (χ3n) is 1.96. The first kappa shape index (κ1) is 8.93. The van der Waals surface area contributed by atoms with Gasteiger partial charge in [-0.2, -0.15) is 0 Å². The van der Waals surface area contributed by atoms with Crippen LogP contribution < -0.4 is 10.9 Å². The first-order chi connectivity index (χ1) is 5.33. The summed E-state index contributed by atoms with van der Waals surface area (Å²) < 4.78 is 0. The van der Waals surface area contributed by atoms with Gasteiger partial charge in [-0.1, -0.05) is 6.42 Å². The number of nitrogens with one attached hydrogen (secondary N) is 2. The molecular formula is C7H16N2O2. The van der Waals surface area contributed by atoms with E-state index in [1.54, 1.807) is 0 Å². The smallest absolute Gasteiger partial charge is 0.0908 e. The fraction of sp³-hybridized carbons (Fsp3) is 1.00. The Bertz CT molecular complexity index is 102. The Hall–Kier alpha value is -0.160. The van der Waals surface area contributed by atoms with Crippen LogP contribution in [0.4, 0.5) is 0 Å². The van der Waals surface area contributed by atoms with E-state index in [-0.39, 0.29) is 6.61 Å². The molecule has 1 fully saturated rings. The standard InChI is InChI=1S/C7H16N2O2/c10-5-7(11)4-8-9-6-2-1-3-6/h6-11H,1-5H2. The molecular weight excluding hydrogens is 144 g/mol. The fourth-order valence-electron chi connectivity index (χ4n) is 0.938.